The van der Waals surface area contributed by atoms with Crippen LogP contribution >= 0.6 is 0 Å². The van der Waals surface area contributed by atoms with Gasteiger partial charge in [0.25, 0.3) is 0 Å². The maximum absolute atomic E-state index is 13.6. The summed E-state index contributed by atoms with van der Waals surface area (Å²) in [5.41, 5.74) is -0.565. The molecule has 0 aromatic heterocycles. The summed E-state index contributed by atoms with van der Waals surface area (Å²) in [7, 11) is 0. The van der Waals surface area contributed by atoms with E-state index in [-0.39, 0.29) is 11.3 Å². The predicted molar refractivity (Wildman–Crippen MR) is 72.3 cm³/mol. The number of rotatable bonds is 4. The van der Waals surface area contributed by atoms with E-state index in [4.69, 9.17) is 5.11 Å². The summed E-state index contributed by atoms with van der Waals surface area (Å²) in [6.45, 7) is 0.530. The second-order valence-corrected chi connectivity index (χ2v) is 4.95. The zero-order valence-electron chi connectivity index (χ0n) is 11.0. The van der Waals surface area contributed by atoms with Crippen molar-refractivity contribution in [1.82, 2.24) is 5.32 Å². The van der Waals surface area contributed by atoms with Crippen LogP contribution in [0, 0.1) is 11.7 Å². The summed E-state index contributed by atoms with van der Waals surface area (Å²) in [5.74, 6) is -1.59. The second-order valence-electron chi connectivity index (χ2n) is 4.95. The van der Waals surface area contributed by atoms with Gasteiger partial charge in [-0.2, -0.15) is 0 Å². The van der Waals surface area contributed by atoms with Gasteiger partial charge in [0.15, 0.2) is 0 Å². The van der Waals surface area contributed by atoms with E-state index in [1.54, 1.807) is 0 Å². The molecule has 0 heterocycles. The quantitative estimate of drug-likeness (QED) is 0.793. The van der Waals surface area contributed by atoms with Gasteiger partial charge in [-0.25, -0.2) is 14.0 Å². The van der Waals surface area contributed by atoms with Crippen LogP contribution < -0.4 is 10.6 Å². The third-order valence-electron chi connectivity index (χ3n) is 3.51. The maximum atomic E-state index is 13.6. The van der Waals surface area contributed by atoms with Crippen LogP contribution in [-0.4, -0.2) is 23.7 Å². The molecule has 0 bridgehead atoms. The van der Waals surface area contributed by atoms with Crippen LogP contribution in [0.3, 0.4) is 0 Å². The average molecular weight is 280 g/mol. The summed E-state index contributed by atoms with van der Waals surface area (Å²) in [6.07, 6.45) is 4.51. The summed E-state index contributed by atoms with van der Waals surface area (Å²) in [6, 6.07) is 3.07. The van der Waals surface area contributed by atoms with Gasteiger partial charge in [-0.1, -0.05) is 18.9 Å². The third-order valence-corrected chi connectivity index (χ3v) is 3.51. The molecule has 5 nitrogen and oxygen atoms in total. The molecule has 0 spiro atoms. The molecule has 0 radical (unpaired) electrons. The molecule has 2 rings (SSSR count). The molecule has 6 heteroatoms. The number of hydrogen-bond donors (Lipinski definition) is 3. The standard InChI is InChI=1S/C14H17FN2O3/c15-11-7-3-6-10(13(18)19)12(11)17-14(20)16-8-9-4-1-2-5-9/h3,6-7,9H,1-2,4-5,8H2,(H,18,19)(H2,16,17,20). The molecule has 108 valence electrons. The smallest absolute Gasteiger partial charge is 0.337 e. The normalized spacial score (nSPS) is 15.1. The number of carbonyl (C=O) groups is 2. The molecule has 0 saturated heterocycles. The first-order valence-electron chi connectivity index (χ1n) is 6.64. The van der Waals surface area contributed by atoms with Crippen molar-refractivity contribution in [1.29, 1.82) is 0 Å². The number of carboxylic acids is 1. The highest BCUT2D eigenvalue weighted by Crippen LogP contribution is 2.24. The molecular formula is C14H17FN2O3. The molecule has 0 atom stereocenters. The molecule has 0 unspecified atom stereocenters. The monoisotopic (exact) mass is 280 g/mol. The molecule has 3 N–H and O–H groups in total. The number of amides is 2. The molecule has 1 fully saturated rings. The van der Waals surface area contributed by atoms with Gasteiger partial charge in [-0.15, -0.1) is 0 Å². The highest BCUT2D eigenvalue weighted by molar-refractivity contribution is 6.00. The van der Waals surface area contributed by atoms with E-state index in [9.17, 15) is 14.0 Å². The van der Waals surface area contributed by atoms with Gasteiger partial charge in [0.2, 0.25) is 0 Å². The molecule has 0 aliphatic heterocycles. The Morgan fingerprint density at radius 3 is 2.65 bits per heavy atom. The van der Waals surface area contributed by atoms with Crippen molar-refractivity contribution < 1.29 is 19.1 Å². The van der Waals surface area contributed by atoms with Crippen LogP contribution in [0.25, 0.3) is 0 Å². The van der Waals surface area contributed by atoms with Crippen LogP contribution in [0.2, 0.25) is 0 Å². The largest absolute Gasteiger partial charge is 0.478 e. The van der Waals surface area contributed by atoms with Gasteiger partial charge in [0.1, 0.15) is 5.82 Å². The van der Waals surface area contributed by atoms with Crippen molar-refractivity contribution in [2.75, 3.05) is 11.9 Å². The van der Waals surface area contributed by atoms with E-state index >= 15 is 0 Å². The van der Waals surface area contributed by atoms with Crippen LogP contribution in [0.4, 0.5) is 14.9 Å². The van der Waals surface area contributed by atoms with Gasteiger partial charge >= 0.3 is 12.0 Å². The Morgan fingerprint density at radius 1 is 1.30 bits per heavy atom. The first-order valence-corrected chi connectivity index (χ1v) is 6.64. The number of nitrogens with one attached hydrogen (secondary N) is 2. The van der Waals surface area contributed by atoms with Crippen LogP contribution in [-0.2, 0) is 0 Å². The molecule has 1 aromatic carbocycles. The first-order chi connectivity index (χ1) is 9.58. The van der Waals surface area contributed by atoms with Crippen molar-refractivity contribution in [2.45, 2.75) is 25.7 Å². The summed E-state index contributed by atoms with van der Waals surface area (Å²) < 4.78 is 13.6. The van der Waals surface area contributed by atoms with Gasteiger partial charge < -0.3 is 15.7 Å². The van der Waals surface area contributed by atoms with Crippen molar-refractivity contribution in [2.24, 2.45) is 5.92 Å². The fourth-order valence-corrected chi connectivity index (χ4v) is 2.44. The minimum absolute atomic E-state index is 0.263. The van der Waals surface area contributed by atoms with Gasteiger partial charge in [0, 0.05) is 6.54 Å². The summed E-state index contributed by atoms with van der Waals surface area (Å²) in [4.78, 5) is 22.7. The highest BCUT2D eigenvalue weighted by atomic mass is 19.1. The zero-order valence-corrected chi connectivity index (χ0v) is 11.0. The average Bonchev–Trinajstić information content (AvgIpc) is 2.91. The minimum atomic E-state index is -1.28. The van der Waals surface area contributed by atoms with E-state index in [2.05, 4.69) is 10.6 Å². The molecular weight excluding hydrogens is 263 g/mol. The lowest BCUT2D eigenvalue weighted by Gasteiger charge is -2.13. The van der Waals surface area contributed by atoms with E-state index < -0.39 is 17.8 Å². The lowest BCUT2D eigenvalue weighted by molar-refractivity contribution is 0.0697. The summed E-state index contributed by atoms with van der Waals surface area (Å²) in [5, 5.41) is 13.9. The Hall–Kier alpha value is -2.11. The number of benzene rings is 1. The molecule has 2 amide bonds. The lowest BCUT2D eigenvalue weighted by atomic mass is 10.1. The number of carbonyl (C=O) groups excluding carboxylic acids is 1. The SMILES string of the molecule is O=C(NCC1CCCC1)Nc1c(F)cccc1C(=O)O. The van der Waals surface area contributed by atoms with E-state index in [1.807, 2.05) is 0 Å². The topological polar surface area (TPSA) is 78.4 Å². The highest BCUT2D eigenvalue weighted by Gasteiger charge is 2.18. The number of urea groups is 1. The van der Waals surface area contributed by atoms with Crippen LogP contribution in [0.1, 0.15) is 36.0 Å². The Balaban J connectivity index is 1.98. The Labute approximate surface area is 116 Å². The lowest BCUT2D eigenvalue weighted by Crippen LogP contribution is -2.33. The first kappa shape index (κ1) is 14.3. The molecule has 1 saturated carbocycles. The predicted octanol–water partition coefficient (Wildman–Crippen LogP) is 2.84. The Kier molecular flexibility index (Phi) is 4.55. The van der Waals surface area contributed by atoms with E-state index in [1.165, 1.54) is 25.0 Å². The fourth-order valence-electron chi connectivity index (χ4n) is 2.44. The van der Waals surface area contributed by atoms with Gasteiger partial charge in [-0.05, 0) is 30.9 Å². The van der Waals surface area contributed by atoms with Crippen molar-refractivity contribution in [3.8, 4) is 0 Å². The number of hydrogen-bond acceptors (Lipinski definition) is 2. The number of para-hydroxylation sites is 1. The van der Waals surface area contributed by atoms with Crippen molar-refractivity contribution >= 4 is 17.7 Å². The third kappa shape index (κ3) is 3.46. The second kappa shape index (κ2) is 6.36. The number of carboxylic acid groups (broad SMARTS) is 1. The molecule has 1 aliphatic carbocycles. The van der Waals surface area contributed by atoms with Gasteiger partial charge in [-0.3, -0.25) is 0 Å². The Morgan fingerprint density at radius 2 is 2.00 bits per heavy atom. The van der Waals surface area contributed by atoms with Crippen LogP contribution in [0.5, 0.6) is 0 Å². The van der Waals surface area contributed by atoms with E-state index in [0.717, 1.165) is 18.9 Å². The minimum Gasteiger partial charge on any atom is -0.478 e. The zero-order chi connectivity index (χ0) is 14.5. The maximum Gasteiger partial charge on any atom is 0.337 e. The number of halogens is 1. The summed E-state index contributed by atoms with van der Waals surface area (Å²) >= 11 is 0. The van der Waals surface area contributed by atoms with E-state index in [0.29, 0.717) is 12.5 Å². The fraction of sp³-hybridized carbons (Fsp3) is 0.429. The number of anilines is 1. The van der Waals surface area contributed by atoms with Crippen molar-refractivity contribution in [3.05, 3.63) is 29.6 Å². The van der Waals surface area contributed by atoms with Crippen molar-refractivity contribution in [3.63, 3.8) is 0 Å². The van der Waals surface area contributed by atoms with Gasteiger partial charge in [0.05, 0.1) is 11.3 Å². The molecule has 20 heavy (non-hydrogen) atoms. The Bertz CT molecular complexity index is 513. The number of aromatic carboxylic acids is 1. The molecule has 1 aliphatic rings. The van der Waals surface area contributed by atoms with Crippen LogP contribution in [0.15, 0.2) is 18.2 Å². The molecule has 1 aromatic rings.